The Bertz CT molecular complexity index is 715. The van der Waals surface area contributed by atoms with Crippen LogP contribution in [0.25, 0.3) is 0 Å². The molecule has 0 aliphatic heterocycles. The lowest BCUT2D eigenvalue weighted by molar-refractivity contribution is -0.125. The molecule has 0 saturated carbocycles. The molecule has 0 fully saturated rings. The van der Waals surface area contributed by atoms with Gasteiger partial charge in [0.05, 0.1) is 17.3 Å². The van der Waals surface area contributed by atoms with Crippen molar-refractivity contribution >= 4 is 15.7 Å². The molecule has 2 aromatic carbocycles. The molecule has 0 aromatic heterocycles. The molecule has 1 amide bonds. The van der Waals surface area contributed by atoms with Crippen molar-refractivity contribution in [3.63, 3.8) is 0 Å². The molecule has 23 heavy (non-hydrogen) atoms. The van der Waals surface area contributed by atoms with Gasteiger partial charge >= 0.3 is 0 Å². The Hall–Kier alpha value is -2.18. The van der Waals surface area contributed by atoms with Crippen molar-refractivity contribution in [3.8, 4) is 0 Å². The zero-order valence-corrected chi connectivity index (χ0v) is 13.5. The van der Waals surface area contributed by atoms with E-state index in [4.69, 9.17) is 4.74 Å². The molecule has 0 aliphatic rings. The van der Waals surface area contributed by atoms with Gasteiger partial charge in [-0.25, -0.2) is 8.42 Å². The average molecular weight is 333 g/mol. The fourth-order valence-corrected chi connectivity index (χ4v) is 3.14. The number of rotatable bonds is 8. The highest BCUT2D eigenvalue weighted by Gasteiger charge is 2.13. The van der Waals surface area contributed by atoms with E-state index >= 15 is 0 Å². The number of amides is 1. The number of carbonyl (C=O) groups is 1. The third-order valence-corrected chi connectivity index (χ3v) is 4.87. The maximum absolute atomic E-state index is 12.0. The first-order chi connectivity index (χ1) is 11.1. The summed E-state index contributed by atoms with van der Waals surface area (Å²) in [5.74, 6) is -0.467. The third kappa shape index (κ3) is 5.84. The number of carbonyl (C=O) groups excluding carboxylic acids is 1. The quantitative estimate of drug-likeness (QED) is 0.799. The molecule has 0 saturated heterocycles. The summed E-state index contributed by atoms with van der Waals surface area (Å²) in [6.07, 6.45) is 0. The molecule has 122 valence electrons. The minimum absolute atomic E-state index is 0.0603. The predicted octanol–water partition coefficient (Wildman–Crippen LogP) is 1.79. The Kier molecular flexibility index (Phi) is 6.31. The molecule has 1 N–H and O–H groups in total. The van der Waals surface area contributed by atoms with Gasteiger partial charge in [0.2, 0.25) is 5.91 Å². The maximum atomic E-state index is 12.0. The van der Waals surface area contributed by atoms with Gasteiger partial charge in [-0.1, -0.05) is 48.5 Å². The zero-order valence-electron chi connectivity index (χ0n) is 12.6. The van der Waals surface area contributed by atoms with Gasteiger partial charge in [-0.3, -0.25) is 4.79 Å². The van der Waals surface area contributed by atoms with Crippen LogP contribution in [-0.2, 0) is 26.0 Å². The fourth-order valence-electron chi connectivity index (χ4n) is 1.96. The minimum atomic E-state index is -3.37. The highest BCUT2D eigenvalue weighted by atomic mass is 32.2. The molecule has 2 aromatic rings. The van der Waals surface area contributed by atoms with E-state index in [0.717, 1.165) is 5.56 Å². The second kappa shape index (κ2) is 8.45. The molecule has 0 spiro atoms. The second-order valence-electron chi connectivity index (χ2n) is 4.96. The largest absolute Gasteiger partial charge is 0.367 e. The van der Waals surface area contributed by atoms with Crippen LogP contribution in [0.15, 0.2) is 65.6 Å². The number of hydrogen-bond donors (Lipinski definition) is 1. The van der Waals surface area contributed by atoms with Crippen molar-refractivity contribution in [3.05, 3.63) is 66.2 Å². The summed E-state index contributed by atoms with van der Waals surface area (Å²) in [5.41, 5.74) is 0.979. The van der Waals surface area contributed by atoms with E-state index in [0.29, 0.717) is 6.61 Å². The van der Waals surface area contributed by atoms with Crippen LogP contribution in [0.2, 0.25) is 0 Å². The Morgan fingerprint density at radius 1 is 0.957 bits per heavy atom. The van der Waals surface area contributed by atoms with Crippen LogP contribution in [0, 0.1) is 0 Å². The number of benzene rings is 2. The summed E-state index contributed by atoms with van der Waals surface area (Å²) in [5, 5.41) is 2.55. The fraction of sp³-hybridized carbons (Fsp3) is 0.235. The van der Waals surface area contributed by atoms with Crippen LogP contribution in [0.1, 0.15) is 5.56 Å². The molecular formula is C17H19NO4S. The lowest BCUT2D eigenvalue weighted by Crippen LogP contribution is -2.32. The van der Waals surface area contributed by atoms with Crippen LogP contribution in [0.4, 0.5) is 0 Å². The second-order valence-corrected chi connectivity index (χ2v) is 7.07. The van der Waals surface area contributed by atoms with Crippen molar-refractivity contribution in [2.75, 3.05) is 18.9 Å². The smallest absolute Gasteiger partial charge is 0.246 e. The van der Waals surface area contributed by atoms with Crippen LogP contribution in [-0.4, -0.2) is 33.2 Å². The van der Waals surface area contributed by atoms with E-state index in [1.807, 2.05) is 30.3 Å². The van der Waals surface area contributed by atoms with Gasteiger partial charge in [-0.2, -0.15) is 0 Å². The van der Waals surface area contributed by atoms with E-state index in [9.17, 15) is 13.2 Å². The monoisotopic (exact) mass is 333 g/mol. The van der Waals surface area contributed by atoms with Gasteiger partial charge in [-0.15, -0.1) is 0 Å². The molecule has 0 aliphatic carbocycles. The number of ether oxygens (including phenoxy) is 1. The van der Waals surface area contributed by atoms with Crippen LogP contribution < -0.4 is 5.32 Å². The molecule has 5 nitrogen and oxygen atoms in total. The van der Waals surface area contributed by atoms with Crippen molar-refractivity contribution in [2.45, 2.75) is 11.5 Å². The molecule has 0 unspecified atom stereocenters. The highest BCUT2D eigenvalue weighted by Crippen LogP contribution is 2.09. The van der Waals surface area contributed by atoms with Crippen molar-refractivity contribution in [2.24, 2.45) is 0 Å². The van der Waals surface area contributed by atoms with Gasteiger partial charge in [-0.05, 0) is 17.7 Å². The first kappa shape index (κ1) is 17.2. The van der Waals surface area contributed by atoms with Crippen LogP contribution in [0.3, 0.4) is 0 Å². The molecule has 0 bridgehead atoms. The van der Waals surface area contributed by atoms with E-state index < -0.39 is 9.84 Å². The standard InChI is InChI=1S/C17H19NO4S/c19-17(14-22-13-15-7-3-1-4-8-15)18-11-12-23(20,21)16-9-5-2-6-10-16/h1-10H,11-14H2,(H,18,19). The van der Waals surface area contributed by atoms with Crippen LogP contribution in [0.5, 0.6) is 0 Å². The summed E-state index contributed by atoms with van der Waals surface area (Å²) in [6, 6.07) is 17.7. The number of nitrogens with one attached hydrogen (secondary N) is 1. The first-order valence-corrected chi connectivity index (χ1v) is 8.89. The topological polar surface area (TPSA) is 72.5 Å². The zero-order chi connectivity index (χ0) is 16.5. The first-order valence-electron chi connectivity index (χ1n) is 7.24. The van der Waals surface area contributed by atoms with E-state index in [2.05, 4.69) is 5.32 Å². The predicted molar refractivity (Wildman–Crippen MR) is 87.6 cm³/mol. The van der Waals surface area contributed by atoms with Gasteiger partial charge in [0, 0.05) is 6.54 Å². The molecular weight excluding hydrogens is 314 g/mol. The SMILES string of the molecule is O=C(COCc1ccccc1)NCCS(=O)(=O)c1ccccc1. The Balaban J connectivity index is 1.69. The molecule has 0 radical (unpaired) electrons. The van der Waals surface area contributed by atoms with E-state index in [1.54, 1.807) is 30.3 Å². The van der Waals surface area contributed by atoms with Gasteiger partial charge < -0.3 is 10.1 Å². The summed E-state index contributed by atoms with van der Waals surface area (Å²) in [7, 11) is -3.37. The van der Waals surface area contributed by atoms with Crippen LogP contribution >= 0.6 is 0 Å². The lowest BCUT2D eigenvalue weighted by atomic mass is 10.2. The Labute approximate surface area is 136 Å². The van der Waals surface area contributed by atoms with Gasteiger partial charge in [0.1, 0.15) is 6.61 Å². The summed E-state index contributed by atoms with van der Waals surface area (Å²) in [4.78, 5) is 11.9. The normalized spacial score (nSPS) is 11.1. The third-order valence-electron chi connectivity index (χ3n) is 3.14. The van der Waals surface area contributed by atoms with E-state index in [1.165, 1.54) is 0 Å². The summed E-state index contributed by atoms with van der Waals surface area (Å²) >= 11 is 0. The molecule has 0 heterocycles. The minimum Gasteiger partial charge on any atom is -0.367 e. The van der Waals surface area contributed by atoms with Crippen molar-refractivity contribution in [1.29, 1.82) is 0 Å². The maximum Gasteiger partial charge on any atom is 0.246 e. The van der Waals surface area contributed by atoms with Crippen molar-refractivity contribution < 1.29 is 17.9 Å². The Morgan fingerprint density at radius 2 is 1.57 bits per heavy atom. The summed E-state index contributed by atoms with van der Waals surface area (Å²) < 4.78 is 29.3. The van der Waals surface area contributed by atoms with E-state index in [-0.39, 0.29) is 29.7 Å². The molecule has 2 rings (SSSR count). The molecule has 0 atom stereocenters. The Morgan fingerprint density at radius 3 is 2.22 bits per heavy atom. The average Bonchev–Trinajstić information content (AvgIpc) is 2.56. The van der Waals surface area contributed by atoms with Crippen molar-refractivity contribution in [1.82, 2.24) is 5.32 Å². The van der Waals surface area contributed by atoms with Gasteiger partial charge in [0.15, 0.2) is 9.84 Å². The summed E-state index contributed by atoms with van der Waals surface area (Å²) in [6.45, 7) is 0.307. The number of sulfone groups is 1. The van der Waals surface area contributed by atoms with Gasteiger partial charge in [0.25, 0.3) is 0 Å². The highest BCUT2D eigenvalue weighted by molar-refractivity contribution is 7.91. The molecule has 6 heteroatoms. The lowest BCUT2D eigenvalue weighted by Gasteiger charge is -2.07. The number of hydrogen-bond acceptors (Lipinski definition) is 4.